The molecule has 2 amide bonds. The van der Waals surface area contributed by atoms with Crippen molar-refractivity contribution in [3.63, 3.8) is 0 Å². The molecule has 4 aromatic carbocycles. The van der Waals surface area contributed by atoms with Crippen LogP contribution in [0, 0.1) is 5.92 Å². The second-order valence-electron chi connectivity index (χ2n) is 11.7. The van der Waals surface area contributed by atoms with E-state index in [-0.39, 0.29) is 43.1 Å². The van der Waals surface area contributed by atoms with Crippen molar-refractivity contribution in [3.8, 4) is 11.1 Å². The number of imide groups is 1. The Balaban J connectivity index is 1.13. The van der Waals surface area contributed by atoms with Crippen LogP contribution >= 0.6 is 11.8 Å². The summed E-state index contributed by atoms with van der Waals surface area (Å²) in [6, 6.07) is 30.6. The summed E-state index contributed by atoms with van der Waals surface area (Å²) < 4.78 is 14.9. The first kappa shape index (κ1) is 30.9. The maximum Gasteiger partial charge on any atom is 0.261 e. The molecule has 0 aliphatic carbocycles. The molecule has 11 heteroatoms. The molecule has 1 N–H and O–H groups in total. The fourth-order valence-electron chi connectivity index (χ4n) is 6.12. The number of aliphatic hydroxyl groups is 1. The Morgan fingerprint density at radius 2 is 1.45 bits per heavy atom. The number of ether oxygens (including phenoxy) is 2. The van der Waals surface area contributed by atoms with Gasteiger partial charge in [0.1, 0.15) is 0 Å². The Morgan fingerprint density at radius 3 is 2.09 bits per heavy atom. The molecular formula is C36H33N5O5S. The van der Waals surface area contributed by atoms with Gasteiger partial charge < -0.3 is 14.6 Å². The van der Waals surface area contributed by atoms with E-state index in [1.165, 1.54) is 16.7 Å². The highest BCUT2D eigenvalue weighted by Crippen LogP contribution is 2.43. The Morgan fingerprint density at radius 1 is 0.809 bits per heavy atom. The molecule has 0 bridgehead atoms. The van der Waals surface area contributed by atoms with Gasteiger partial charge in [0, 0.05) is 24.3 Å². The zero-order valence-corrected chi connectivity index (χ0v) is 26.7. The largest absolute Gasteiger partial charge is 0.392 e. The average molecular weight is 648 g/mol. The third-order valence-corrected chi connectivity index (χ3v) is 9.90. The van der Waals surface area contributed by atoms with Crippen LogP contribution in [0.15, 0.2) is 102 Å². The Hall–Kier alpha value is -4.68. The molecule has 0 radical (unpaired) electrons. The molecule has 10 nitrogen and oxygen atoms in total. The number of hydrogen-bond donors (Lipinski definition) is 1. The number of carbonyl (C=O) groups excluding carboxylic acids is 2. The number of aromatic nitrogens is 4. The van der Waals surface area contributed by atoms with E-state index in [1.54, 1.807) is 28.9 Å². The molecule has 4 atom stereocenters. The predicted octanol–water partition coefficient (Wildman–Crippen LogP) is 5.75. The summed E-state index contributed by atoms with van der Waals surface area (Å²) in [5.74, 6) is 0.0952. The van der Waals surface area contributed by atoms with Crippen LogP contribution in [0.3, 0.4) is 0 Å². The molecule has 1 fully saturated rings. The maximum atomic E-state index is 13.1. The first-order valence-corrected chi connectivity index (χ1v) is 16.4. The molecule has 3 heterocycles. The van der Waals surface area contributed by atoms with Crippen LogP contribution in [0.2, 0.25) is 0 Å². The van der Waals surface area contributed by atoms with E-state index in [1.807, 2.05) is 79.8 Å². The minimum Gasteiger partial charge on any atom is -0.392 e. The van der Waals surface area contributed by atoms with Gasteiger partial charge in [-0.05, 0) is 50.4 Å². The fraction of sp³-hybridized carbons (Fsp3) is 0.250. The number of hydrogen-bond acceptors (Lipinski definition) is 9. The van der Waals surface area contributed by atoms with Gasteiger partial charge in [0.15, 0.2) is 6.29 Å². The predicted molar refractivity (Wildman–Crippen MR) is 175 cm³/mol. The normalized spacial score (nSPS) is 20.9. The number of carbonyl (C=O) groups is 2. The molecule has 4 unspecified atom stereocenters. The van der Waals surface area contributed by atoms with E-state index in [0.717, 1.165) is 33.4 Å². The molecule has 1 aromatic heterocycles. The van der Waals surface area contributed by atoms with Crippen molar-refractivity contribution in [2.75, 3.05) is 5.75 Å². The Labute approximate surface area is 276 Å². The fourth-order valence-corrected chi connectivity index (χ4v) is 7.14. The van der Waals surface area contributed by atoms with Crippen molar-refractivity contribution in [2.45, 2.75) is 43.7 Å². The van der Waals surface area contributed by atoms with E-state index in [4.69, 9.17) is 9.47 Å². The number of benzene rings is 4. The lowest BCUT2D eigenvalue weighted by Crippen LogP contribution is -2.38. The van der Waals surface area contributed by atoms with Crippen LogP contribution in [0.4, 0.5) is 0 Å². The van der Waals surface area contributed by atoms with Gasteiger partial charge in [0.2, 0.25) is 5.16 Å². The third kappa shape index (κ3) is 6.10. The minimum absolute atomic E-state index is 0.0215. The van der Waals surface area contributed by atoms with Gasteiger partial charge in [-0.25, -0.2) is 4.68 Å². The topological polar surface area (TPSA) is 120 Å². The van der Waals surface area contributed by atoms with Gasteiger partial charge in [-0.3, -0.25) is 14.5 Å². The van der Waals surface area contributed by atoms with E-state index in [9.17, 15) is 14.7 Å². The number of fused-ring (bicyclic) bond motifs is 1. The average Bonchev–Trinajstić information content (AvgIpc) is 3.63. The van der Waals surface area contributed by atoms with E-state index in [0.29, 0.717) is 22.0 Å². The maximum absolute atomic E-state index is 13.1. The van der Waals surface area contributed by atoms with Gasteiger partial charge in [0.25, 0.3) is 11.8 Å². The van der Waals surface area contributed by atoms with Crippen molar-refractivity contribution < 1.29 is 24.2 Å². The number of tetrazole rings is 1. The number of aliphatic hydroxyl groups excluding tert-OH is 1. The third-order valence-electron chi connectivity index (χ3n) is 8.80. The molecule has 47 heavy (non-hydrogen) atoms. The highest BCUT2D eigenvalue weighted by atomic mass is 32.2. The molecule has 0 saturated carbocycles. The summed E-state index contributed by atoms with van der Waals surface area (Å²) in [5, 5.41) is 22.1. The quantitative estimate of drug-likeness (QED) is 0.158. The molecule has 5 aromatic rings. The Bertz CT molecular complexity index is 1880. The Kier molecular flexibility index (Phi) is 8.70. The van der Waals surface area contributed by atoms with E-state index in [2.05, 4.69) is 22.4 Å². The lowest BCUT2D eigenvalue weighted by molar-refractivity contribution is -0.268. The standard InChI is InChI=1S/C36H33N5O5S/c1-22-31(21-47-36-37-38-39-40(36)2)45-35(46-32(22)25-13-11-23(20-42)12-14-25)26-17-15-24(16-18-26)28-8-4-3-7-27(28)19-41-33(43)29-9-5-6-10-30(29)34(41)44/h3-18,22,31-32,35,42H,19-21H2,1-2H3. The highest BCUT2D eigenvalue weighted by molar-refractivity contribution is 7.99. The molecule has 1 saturated heterocycles. The summed E-state index contributed by atoms with van der Waals surface area (Å²) in [5.41, 5.74) is 6.35. The highest BCUT2D eigenvalue weighted by Gasteiger charge is 2.39. The van der Waals surface area contributed by atoms with Crippen molar-refractivity contribution in [2.24, 2.45) is 13.0 Å². The van der Waals surface area contributed by atoms with Crippen molar-refractivity contribution >= 4 is 23.6 Å². The van der Waals surface area contributed by atoms with E-state index >= 15 is 0 Å². The van der Waals surface area contributed by atoms with Crippen molar-refractivity contribution in [1.82, 2.24) is 25.1 Å². The molecule has 0 spiro atoms. The molecular weight excluding hydrogens is 614 g/mol. The first-order chi connectivity index (χ1) is 22.9. The van der Waals surface area contributed by atoms with Crippen molar-refractivity contribution in [3.05, 3.63) is 130 Å². The zero-order valence-electron chi connectivity index (χ0n) is 25.9. The van der Waals surface area contributed by atoms with Gasteiger partial charge in [-0.15, -0.1) is 5.10 Å². The monoisotopic (exact) mass is 647 g/mol. The molecule has 7 rings (SSSR count). The van der Waals surface area contributed by atoms with Gasteiger partial charge in [-0.1, -0.05) is 104 Å². The van der Waals surface area contributed by atoms with Crippen molar-refractivity contribution in [1.29, 1.82) is 0 Å². The van der Waals surface area contributed by atoms with Crippen LogP contribution in [-0.2, 0) is 29.7 Å². The number of rotatable bonds is 9. The van der Waals surface area contributed by atoms with Crippen LogP contribution < -0.4 is 0 Å². The van der Waals surface area contributed by atoms with E-state index < -0.39 is 6.29 Å². The lowest BCUT2D eigenvalue weighted by Gasteiger charge is -2.41. The summed E-state index contributed by atoms with van der Waals surface area (Å²) in [4.78, 5) is 27.5. The summed E-state index contributed by atoms with van der Waals surface area (Å²) in [6.07, 6.45) is -1.04. The molecule has 2 aliphatic heterocycles. The SMILES string of the molecule is CC1C(CSc2nnnn2C)OC(c2ccc(-c3ccccc3CN3C(=O)c4ccccc4C3=O)cc2)OC1c1ccc(CO)cc1. The van der Waals surface area contributed by atoms with Gasteiger partial charge >= 0.3 is 0 Å². The molecule has 2 aliphatic rings. The van der Waals surface area contributed by atoms with Crippen LogP contribution in [0.5, 0.6) is 0 Å². The van der Waals surface area contributed by atoms with Gasteiger partial charge in [-0.2, -0.15) is 0 Å². The second-order valence-corrected chi connectivity index (χ2v) is 12.7. The number of amides is 2. The zero-order chi connectivity index (χ0) is 32.5. The molecule has 238 valence electrons. The first-order valence-electron chi connectivity index (χ1n) is 15.4. The van der Waals surface area contributed by atoms with Crippen LogP contribution in [0.25, 0.3) is 11.1 Å². The summed E-state index contributed by atoms with van der Waals surface area (Å²) >= 11 is 1.54. The lowest BCUT2D eigenvalue weighted by atomic mass is 9.91. The number of nitrogens with zero attached hydrogens (tertiary/aromatic N) is 5. The number of aryl methyl sites for hydroxylation is 1. The van der Waals surface area contributed by atoms with Crippen LogP contribution in [0.1, 0.15) is 62.3 Å². The smallest absolute Gasteiger partial charge is 0.261 e. The van der Waals surface area contributed by atoms with Gasteiger partial charge in [0.05, 0.1) is 36.5 Å². The number of thioether (sulfide) groups is 1. The summed E-state index contributed by atoms with van der Waals surface area (Å²) in [7, 11) is 1.81. The van der Waals surface area contributed by atoms with Crippen LogP contribution in [-0.4, -0.2) is 53.9 Å². The second kappa shape index (κ2) is 13.2. The minimum atomic E-state index is -0.625. The summed E-state index contributed by atoms with van der Waals surface area (Å²) in [6.45, 7) is 2.27.